The highest BCUT2D eigenvalue weighted by Crippen LogP contribution is 2.33. The molecule has 1 aromatic rings. The number of H-pyrrole nitrogens is 1. The zero-order valence-corrected chi connectivity index (χ0v) is 12.1. The first-order valence-electron chi connectivity index (χ1n) is 7.82. The van der Waals surface area contributed by atoms with Crippen LogP contribution in [-0.2, 0) is 0 Å². The summed E-state index contributed by atoms with van der Waals surface area (Å²) in [7, 11) is 0. The largest absolute Gasteiger partial charge is 0.328 e. The van der Waals surface area contributed by atoms with Crippen LogP contribution in [-0.4, -0.2) is 33.6 Å². The average molecular weight is 273 g/mol. The molecule has 2 aliphatic rings. The van der Waals surface area contributed by atoms with Crippen molar-refractivity contribution in [3.63, 3.8) is 0 Å². The number of aromatic nitrogens is 2. The fourth-order valence-corrected chi connectivity index (χ4v) is 3.48. The fraction of sp³-hybridized carbons (Fsp3) is 0.625. The summed E-state index contributed by atoms with van der Waals surface area (Å²) >= 11 is 0. The van der Waals surface area contributed by atoms with Crippen LogP contribution in [0.15, 0.2) is 18.3 Å². The molecule has 1 saturated carbocycles. The van der Waals surface area contributed by atoms with Gasteiger partial charge in [0.15, 0.2) is 0 Å². The van der Waals surface area contributed by atoms with E-state index < -0.39 is 0 Å². The van der Waals surface area contributed by atoms with Crippen molar-refractivity contribution in [2.75, 3.05) is 6.54 Å². The lowest BCUT2D eigenvalue weighted by Gasteiger charge is -2.25. The topological polar surface area (TPSA) is 49.0 Å². The van der Waals surface area contributed by atoms with Gasteiger partial charge in [-0.2, -0.15) is 5.10 Å². The van der Waals surface area contributed by atoms with Crippen molar-refractivity contribution in [1.82, 2.24) is 15.1 Å². The molecule has 3 rings (SSSR count). The van der Waals surface area contributed by atoms with E-state index in [0.717, 1.165) is 24.2 Å². The fourth-order valence-electron chi connectivity index (χ4n) is 3.48. The Bertz CT molecular complexity index is 500. The van der Waals surface area contributed by atoms with Gasteiger partial charge in [-0.25, -0.2) is 0 Å². The maximum absolute atomic E-state index is 12.8. The van der Waals surface area contributed by atoms with Gasteiger partial charge in [0.25, 0.3) is 5.91 Å². The molecular weight excluding hydrogens is 250 g/mol. The number of hydrogen-bond donors (Lipinski definition) is 1. The van der Waals surface area contributed by atoms with Crippen molar-refractivity contribution in [1.29, 1.82) is 0 Å². The number of nitrogens with zero attached hydrogens (tertiary/aromatic N) is 2. The molecule has 1 amide bonds. The third-order valence-corrected chi connectivity index (χ3v) is 4.65. The van der Waals surface area contributed by atoms with E-state index in [0.29, 0.717) is 5.92 Å². The van der Waals surface area contributed by atoms with E-state index >= 15 is 0 Å². The minimum Gasteiger partial charge on any atom is -0.328 e. The van der Waals surface area contributed by atoms with E-state index in [-0.39, 0.29) is 11.9 Å². The van der Waals surface area contributed by atoms with Gasteiger partial charge in [-0.3, -0.25) is 9.89 Å². The van der Waals surface area contributed by atoms with Gasteiger partial charge in [-0.1, -0.05) is 38.3 Å². The number of amides is 1. The summed E-state index contributed by atoms with van der Waals surface area (Å²) < 4.78 is 0. The molecule has 0 radical (unpaired) electrons. The van der Waals surface area contributed by atoms with Gasteiger partial charge in [0, 0.05) is 12.5 Å². The summed E-state index contributed by atoms with van der Waals surface area (Å²) in [4.78, 5) is 14.7. The summed E-state index contributed by atoms with van der Waals surface area (Å²) in [6, 6.07) is 0.247. The molecule has 1 unspecified atom stereocenters. The molecule has 1 atom stereocenters. The Kier molecular flexibility index (Phi) is 3.90. The molecule has 0 spiro atoms. The van der Waals surface area contributed by atoms with Crippen LogP contribution in [0.5, 0.6) is 0 Å². The molecular formula is C16H23N3O. The number of carbonyl (C=O) groups is 1. The molecule has 0 saturated heterocycles. The second-order valence-electron chi connectivity index (χ2n) is 5.89. The van der Waals surface area contributed by atoms with Crippen LogP contribution < -0.4 is 0 Å². The lowest BCUT2D eigenvalue weighted by Crippen LogP contribution is -2.36. The number of nitrogens with one attached hydrogen (secondary N) is 1. The monoisotopic (exact) mass is 273 g/mol. The molecule has 1 aromatic heterocycles. The van der Waals surface area contributed by atoms with Gasteiger partial charge in [-0.15, -0.1) is 0 Å². The Hall–Kier alpha value is -1.58. The first-order valence-corrected chi connectivity index (χ1v) is 7.82. The molecule has 4 nitrogen and oxygen atoms in total. The average Bonchev–Trinajstić information content (AvgIpc) is 3.16. The van der Waals surface area contributed by atoms with E-state index in [4.69, 9.17) is 0 Å². The number of rotatable bonds is 3. The Labute approximate surface area is 120 Å². The molecule has 1 N–H and O–H groups in total. The summed E-state index contributed by atoms with van der Waals surface area (Å²) in [5.41, 5.74) is 1.86. The third kappa shape index (κ3) is 2.39. The first-order chi connectivity index (χ1) is 9.81. The van der Waals surface area contributed by atoms with Crippen LogP contribution >= 0.6 is 0 Å². The number of carbonyl (C=O) groups excluding carboxylic acids is 1. The Morgan fingerprint density at radius 2 is 2.20 bits per heavy atom. The molecule has 1 aliphatic heterocycles. The van der Waals surface area contributed by atoms with Gasteiger partial charge in [0.05, 0.1) is 23.5 Å². The number of aromatic amines is 1. The molecule has 108 valence electrons. The minimum absolute atomic E-state index is 0.135. The zero-order chi connectivity index (χ0) is 13.9. The normalized spacial score (nSPS) is 23.4. The minimum atomic E-state index is 0.135. The van der Waals surface area contributed by atoms with Crippen molar-refractivity contribution in [3.8, 4) is 0 Å². The van der Waals surface area contributed by atoms with E-state index in [1.54, 1.807) is 6.20 Å². The molecule has 1 aliphatic carbocycles. The van der Waals surface area contributed by atoms with Crippen molar-refractivity contribution in [3.05, 3.63) is 29.6 Å². The van der Waals surface area contributed by atoms with Gasteiger partial charge < -0.3 is 4.90 Å². The van der Waals surface area contributed by atoms with Crippen molar-refractivity contribution in [2.24, 2.45) is 0 Å². The van der Waals surface area contributed by atoms with Gasteiger partial charge in [0.1, 0.15) is 0 Å². The van der Waals surface area contributed by atoms with Gasteiger partial charge >= 0.3 is 0 Å². The molecule has 20 heavy (non-hydrogen) atoms. The smallest absolute Gasteiger partial charge is 0.258 e. The highest BCUT2D eigenvalue weighted by Gasteiger charge is 2.29. The predicted molar refractivity (Wildman–Crippen MR) is 78.7 cm³/mol. The molecule has 2 heterocycles. The third-order valence-electron chi connectivity index (χ3n) is 4.65. The van der Waals surface area contributed by atoms with Crippen LogP contribution in [0.2, 0.25) is 0 Å². The van der Waals surface area contributed by atoms with Gasteiger partial charge in [0.2, 0.25) is 0 Å². The van der Waals surface area contributed by atoms with E-state index in [1.807, 2.05) is 4.90 Å². The standard InChI is InChI=1S/C16H23N3O/c1-2-13-9-6-10-19(13)16(20)14-11-17-18-15(14)12-7-4-3-5-8-12/h6,9,11-13H,2-5,7-8,10H2,1H3,(H,17,18). The quantitative estimate of drug-likeness (QED) is 0.859. The van der Waals surface area contributed by atoms with Crippen molar-refractivity contribution >= 4 is 5.91 Å². The summed E-state index contributed by atoms with van der Waals surface area (Å²) in [5, 5.41) is 7.24. The summed E-state index contributed by atoms with van der Waals surface area (Å²) in [6.45, 7) is 2.85. The summed E-state index contributed by atoms with van der Waals surface area (Å²) in [6.07, 6.45) is 13.1. The second kappa shape index (κ2) is 5.81. The van der Waals surface area contributed by atoms with E-state index in [2.05, 4.69) is 29.3 Å². The highest BCUT2D eigenvalue weighted by atomic mass is 16.2. The second-order valence-corrected chi connectivity index (χ2v) is 5.89. The van der Waals surface area contributed by atoms with Crippen molar-refractivity contribution < 1.29 is 4.79 Å². The molecule has 0 aromatic carbocycles. The van der Waals surface area contributed by atoms with Crippen LogP contribution in [0.1, 0.15) is 67.4 Å². The molecule has 1 fully saturated rings. The zero-order valence-electron chi connectivity index (χ0n) is 12.1. The number of hydrogen-bond acceptors (Lipinski definition) is 2. The van der Waals surface area contributed by atoms with Gasteiger partial charge in [-0.05, 0) is 19.3 Å². The maximum Gasteiger partial charge on any atom is 0.258 e. The van der Waals surface area contributed by atoms with E-state index in [9.17, 15) is 4.79 Å². The van der Waals surface area contributed by atoms with Crippen LogP contribution in [0.25, 0.3) is 0 Å². The first kappa shape index (κ1) is 13.4. The lowest BCUT2D eigenvalue weighted by molar-refractivity contribution is 0.0745. The predicted octanol–water partition coefficient (Wildman–Crippen LogP) is 3.25. The van der Waals surface area contributed by atoms with Crippen LogP contribution in [0, 0.1) is 0 Å². The molecule has 0 bridgehead atoms. The highest BCUT2D eigenvalue weighted by molar-refractivity contribution is 5.96. The Morgan fingerprint density at radius 3 is 2.95 bits per heavy atom. The maximum atomic E-state index is 12.8. The van der Waals surface area contributed by atoms with Crippen molar-refractivity contribution in [2.45, 2.75) is 57.4 Å². The van der Waals surface area contributed by atoms with E-state index in [1.165, 1.54) is 32.1 Å². The Morgan fingerprint density at radius 1 is 1.40 bits per heavy atom. The summed E-state index contributed by atoms with van der Waals surface area (Å²) in [5.74, 6) is 0.622. The molecule has 4 heteroatoms. The Balaban J connectivity index is 1.80. The lowest BCUT2D eigenvalue weighted by atomic mass is 9.85. The van der Waals surface area contributed by atoms with Crippen LogP contribution in [0.3, 0.4) is 0 Å². The SMILES string of the molecule is CCC1C=CCN1C(=O)c1cn[nH]c1C1CCCCC1. The van der Waals surface area contributed by atoms with Crippen LogP contribution in [0.4, 0.5) is 0 Å².